The van der Waals surface area contributed by atoms with E-state index in [0.717, 1.165) is 22.7 Å². The number of rotatable bonds is 6. The van der Waals surface area contributed by atoms with Gasteiger partial charge in [-0.15, -0.1) is 0 Å². The van der Waals surface area contributed by atoms with Crippen LogP contribution in [-0.4, -0.2) is 52.5 Å². The molecule has 0 atom stereocenters. The van der Waals surface area contributed by atoms with Gasteiger partial charge in [0.25, 0.3) is 5.91 Å². The molecule has 2 heterocycles. The van der Waals surface area contributed by atoms with Crippen LogP contribution in [0.2, 0.25) is 5.02 Å². The number of hydrogen-bond donors (Lipinski definition) is 1. The smallest absolute Gasteiger partial charge is 0.410 e. The normalized spacial score (nSPS) is 14.4. The molecule has 196 valence electrons. The first-order valence-corrected chi connectivity index (χ1v) is 12.8. The second-order valence-corrected chi connectivity index (χ2v) is 10.5. The molecule has 0 saturated carbocycles. The van der Waals surface area contributed by atoms with Crippen LogP contribution in [0.25, 0.3) is 5.69 Å². The Kier molecular flexibility index (Phi) is 8.07. The van der Waals surface area contributed by atoms with Crippen molar-refractivity contribution in [1.29, 1.82) is 0 Å². The van der Waals surface area contributed by atoms with Gasteiger partial charge in [0.05, 0.1) is 30.3 Å². The number of hydrogen-bond acceptors (Lipinski definition) is 5. The lowest BCUT2D eigenvalue weighted by molar-refractivity contribution is 0.0203. The molecular weight excluding hydrogens is 492 g/mol. The van der Waals surface area contributed by atoms with Crippen LogP contribution in [0.1, 0.15) is 61.1 Å². The first-order valence-electron chi connectivity index (χ1n) is 12.4. The van der Waals surface area contributed by atoms with E-state index in [4.69, 9.17) is 21.1 Å². The minimum atomic E-state index is -0.545. The maximum atomic E-state index is 13.3. The van der Waals surface area contributed by atoms with E-state index in [1.165, 1.54) is 0 Å². The zero-order valence-electron chi connectivity index (χ0n) is 21.7. The molecule has 4 rings (SSSR count). The van der Waals surface area contributed by atoms with E-state index < -0.39 is 5.60 Å². The molecule has 1 N–H and O–H groups in total. The topological polar surface area (TPSA) is 85.7 Å². The third-order valence-electron chi connectivity index (χ3n) is 6.27. The van der Waals surface area contributed by atoms with Gasteiger partial charge < -0.3 is 19.7 Å². The minimum absolute atomic E-state index is 0.0413. The highest BCUT2D eigenvalue weighted by molar-refractivity contribution is 6.30. The summed E-state index contributed by atoms with van der Waals surface area (Å²) in [7, 11) is 1.62. The second-order valence-electron chi connectivity index (χ2n) is 10.1. The molecule has 8 nitrogen and oxygen atoms in total. The summed E-state index contributed by atoms with van der Waals surface area (Å²) >= 11 is 5.98. The quantitative estimate of drug-likeness (QED) is 0.455. The lowest BCUT2D eigenvalue weighted by Crippen LogP contribution is -2.41. The average Bonchev–Trinajstić information content (AvgIpc) is 3.32. The molecule has 3 aromatic rings. The lowest BCUT2D eigenvalue weighted by atomic mass is 9.90. The largest absolute Gasteiger partial charge is 0.497 e. The maximum Gasteiger partial charge on any atom is 0.410 e. The fourth-order valence-corrected chi connectivity index (χ4v) is 4.52. The van der Waals surface area contributed by atoms with Crippen molar-refractivity contribution in [2.45, 2.75) is 51.7 Å². The van der Waals surface area contributed by atoms with Gasteiger partial charge in [0.1, 0.15) is 11.4 Å². The summed E-state index contributed by atoms with van der Waals surface area (Å²) < 4.78 is 12.7. The standard InChI is InChI=1S/C28H33ClN4O4/c1-28(2,3)37-27(35)32-15-13-20(14-16-32)25-24(26(34)30-17-19-5-7-21(29)8-6-19)18-31-33(25)22-9-11-23(36-4)12-10-22/h5-12,18,20H,13-17H2,1-4H3,(H,30,34). The minimum Gasteiger partial charge on any atom is -0.497 e. The lowest BCUT2D eigenvalue weighted by Gasteiger charge is -2.34. The van der Waals surface area contributed by atoms with Crippen molar-refractivity contribution in [3.05, 3.63) is 76.6 Å². The molecule has 1 aliphatic rings. The maximum absolute atomic E-state index is 13.3. The van der Waals surface area contributed by atoms with Crippen molar-refractivity contribution in [1.82, 2.24) is 20.0 Å². The van der Waals surface area contributed by atoms with Gasteiger partial charge in [0.2, 0.25) is 0 Å². The number of ether oxygens (including phenoxy) is 2. The molecule has 1 aliphatic heterocycles. The van der Waals surface area contributed by atoms with E-state index in [2.05, 4.69) is 10.4 Å². The molecule has 2 aromatic carbocycles. The van der Waals surface area contributed by atoms with Crippen LogP contribution >= 0.6 is 11.6 Å². The number of carbonyl (C=O) groups is 2. The van der Waals surface area contributed by atoms with Gasteiger partial charge in [-0.1, -0.05) is 23.7 Å². The molecule has 0 spiro atoms. The van der Waals surface area contributed by atoms with E-state index in [-0.39, 0.29) is 17.9 Å². The number of aromatic nitrogens is 2. The predicted octanol–water partition coefficient (Wildman–Crippen LogP) is 5.58. The highest BCUT2D eigenvalue weighted by Crippen LogP contribution is 2.33. The van der Waals surface area contributed by atoms with Gasteiger partial charge in [-0.05, 0) is 75.6 Å². The number of methoxy groups -OCH3 is 1. The number of likely N-dealkylation sites (tertiary alicyclic amines) is 1. The van der Waals surface area contributed by atoms with Crippen LogP contribution in [0, 0.1) is 0 Å². The van der Waals surface area contributed by atoms with Crippen LogP contribution in [0.15, 0.2) is 54.7 Å². The SMILES string of the molecule is COc1ccc(-n2ncc(C(=O)NCc3ccc(Cl)cc3)c2C2CCN(C(=O)OC(C)(C)C)CC2)cc1. The summed E-state index contributed by atoms with van der Waals surface area (Å²) in [6, 6.07) is 14.9. The third-order valence-corrected chi connectivity index (χ3v) is 6.52. The summed E-state index contributed by atoms with van der Waals surface area (Å²) in [5.41, 5.74) is 2.61. The molecule has 0 aliphatic carbocycles. The fraction of sp³-hybridized carbons (Fsp3) is 0.393. The van der Waals surface area contributed by atoms with Crippen molar-refractivity contribution in [3.8, 4) is 11.4 Å². The van der Waals surface area contributed by atoms with Gasteiger partial charge in [0.15, 0.2) is 0 Å². The molecule has 9 heteroatoms. The number of nitrogens with one attached hydrogen (secondary N) is 1. The summed E-state index contributed by atoms with van der Waals surface area (Å²) in [4.78, 5) is 27.6. The van der Waals surface area contributed by atoms with Gasteiger partial charge >= 0.3 is 6.09 Å². The Bertz CT molecular complexity index is 1220. The van der Waals surface area contributed by atoms with Gasteiger partial charge in [-0.3, -0.25) is 4.79 Å². The highest BCUT2D eigenvalue weighted by Gasteiger charge is 2.32. The molecule has 1 aromatic heterocycles. The molecular formula is C28H33ClN4O4. The van der Waals surface area contributed by atoms with Crippen LogP contribution in [0.4, 0.5) is 4.79 Å². The third kappa shape index (κ3) is 6.63. The summed E-state index contributed by atoms with van der Waals surface area (Å²) in [5.74, 6) is 0.586. The number of halogens is 1. The number of amides is 2. The van der Waals surface area contributed by atoms with Crippen molar-refractivity contribution >= 4 is 23.6 Å². The molecule has 1 fully saturated rings. The van der Waals surface area contributed by atoms with E-state index in [1.807, 2.05) is 61.9 Å². The molecule has 37 heavy (non-hydrogen) atoms. The fourth-order valence-electron chi connectivity index (χ4n) is 4.40. The second kappa shape index (κ2) is 11.3. The van der Waals surface area contributed by atoms with Gasteiger partial charge in [0, 0.05) is 30.6 Å². The van der Waals surface area contributed by atoms with Crippen molar-refractivity contribution in [3.63, 3.8) is 0 Å². The molecule has 0 radical (unpaired) electrons. The van der Waals surface area contributed by atoms with Crippen LogP contribution in [0.3, 0.4) is 0 Å². The molecule has 0 unspecified atom stereocenters. The summed E-state index contributed by atoms with van der Waals surface area (Å²) in [5, 5.41) is 8.26. The van der Waals surface area contributed by atoms with Gasteiger partial charge in [-0.25, -0.2) is 9.48 Å². The monoisotopic (exact) mass is 524 g/mol. The Hall–Kier alpha value is -3.52. The number of nitrogens with zero attached hydrogens (tertiary/aromatic N) is 3. The van der Waals surface area contributed by atoms with E-state index in [0.29, 0.717) is 43.1 Å². The highest BCUT2D eigenvalue weighted by atomic mass is 35.5. The van der Waals surface area contributed by atoms with E-state index in [9.17, 15) is 9.59 Å². The first kappa shape index (κ1) is 26.5. The molecule has 1 saturated heterocycles. The number of benzene rings is 2. The Morgan fingerprint density at radius 3 is 2.30 bits per heavy atom. The van der Waals surface area contributed by atoms with E-state index >= 15 is 0 Å². The Morgan fingerprint density at radius 1 is 1.05 bits per heavy atom. The van der Waals surface area contributed by atoms with E-state index in [1.54, 1.807) is 30.3 Å². The average molecular weight is 525 g/mol. The van der Waals surface area contributed by atoms with Crippen LogP contribution in [0.5, 0.6) is 5.75 Å². The Labute approximate surface area is 222 Å². The first-order chi connectivity index (χ1) is 17.6. The number of piperidine rings is 1. The number of carbonyl (C=O) groups excluding carboxylic acids is 2. The summed E-state index contributed by atoms with van der Waals surface area (Å²) in [6.07, 6.45) is 2.70. The van der Waals surface area contributed by atoms with Crippen molar-refractivity contribution in [2.75, 3.05) is 20.2 Å². The Balaban J connectivity index is 1.57. The van der Waals surface area contributed by atoms with Crippen molar-refractivity contribution in [2.24, 2.45) is 0 Å². The zero-order chi connectivity index (χ0) is 26.6. The predicted molar refractivity (Wildman–Crippen MR) is 143 cm³/mol. The van der Waals surface area contributed by atoms with Crippen LogP contribution < -0.4 is 10.1 Å². The molecule has 0 bridgehead atoms. The Morgan fingerprint density at radius 2 is 1.70 bits per heavy atom. The van der Waals surface area contributed by atoms with Crippen molar-refractivity contribution < 1.29 is 19.1 Å². The zero-order valence-corrected chi connectivity index (χ0v) is 22.4. The van der Waals surface area contributed by atoms with Gasteiger partial charge in [-0.2, -0.15) is 5.10 Å². The van der Waals surface area contributed by atoms with Crippen LogP contribution in [-0.2, 0) is 11.3 Å². The summed E-state index contributed by atoms with van der Waals surface area (Å²) in [6.45, 7) is 7.04. The molecule has 2 amide bonds.